The van der Waals surface area contributed by atoms with Crippen molar-refractivity contribution in [2.24, 2.45) is 0 Å². The summed E-state index contributed by atoms with van der Waals surface area (Å²) in [6, 6.07) is 7.68. The molecule has 3 rings (SSSR count). The van der Waals surface area contributed by atoms with Gasteiger partial charge in [-0.3, -0.25) is 9.59 Å². The number of benzene rings is 1. The summed E-state index contributed by atoms with van der Waals surface area (Å²) in [5.74, 6) is -0.185. The van der Waals surface area contributed by atoms with Crippen molar-refractivity contribution in [2.45, 2.75) is 25.9 Å². The maximum atomic E-state index is 12.6. The Bertz CT molecular complexity index is 705. The molecule has 1 aromatic carbocycles. The fraction of sp³-hybridized carbons (Fsp3) is 0.400. The van der Waals surface area contributed by atoms with Crippen molar-refractivity contribution in [2.75, 3.05) is 13.1 Å². The van der Waals surface area contributed by atoms with Crippen LogP contribution in [-0.2, 0) is 16.1 Å². The van der Waals surface area contributed by atoms with E-state index in [0.717, 1.165) is 11.0 Å². The van der Waals surface area contributed by atoms with Gasteiger partial charge in [-0.05, 0) is 26.0 Å². The molecule has 0 spiro atoms. The van der Waals surface area contributed by atoms with Gasteiger partial charge in [-0.15, -0.1) is 0 Å². The van der Waals surface area contributed by atoms with Crippen LogP contribution >= 0.6 is 0 Å². The third-order valence-electron chi connectivity index (χ3n) is 3.99. The number of amides is 2. The smallest absolute Gasteiger partial charge is 0.245 e. The number of hydrogen-bond donors (Lipinski definition) is 1. The maximum Gasteiger partial charge on any atom is 0.245 e. The van der Waals surface area contributed by atoms with Crippen molar-refractivity contribution in [3.05, 3.63) is 30.6 Å². The largest absolute Gasteiger partial charge is 0.352 e. The number of para-hydroxylation sites is 2. The molecule has 0 bridgehead atoms. The molecule has 0 saturated carbocycles. The van der Waals surface area contributed by atoms with E-state index in [1.165, 1.54) is 0 Å². The van der Waals surface area contributed by atoms with E-state index in [-0.39, 0.29) is 18.4 Å². The molecule has 110 valence electrons. The van der Waals surface area contributed by atoms with E-state index in [2.05, 4.69) is 10.3 Å². The fourth-order valence-corrected chi connectivity index (χ4v) is 2.70. The van der Waals surface area contributed by atoms with E-state index in [4.69, 9.17) is 0 Å². The normalized spacial score (nSPS) is 17.8. The average Bonchev–Trinajstić information content (AvgIpc) is 2.85. The van der Waals surface area contributed by atoms with Gasteiger partial charge in [0.15, 0.2) is 0 Å². The second-order valence-corrected chi connectivity index (χ2v) is 5.72. The highest BCUT2D eigenvalue weighted by atomic mass is 16.2. The van der Waals surface area contributed by atoms with Crippen molar-refractivity contribution < 1.29 is 9.59 Å². The van der Waals surface area contributed by atoms with Gasteiger partial charge in [0.2, 0.25) is 11.8 Å². The van der Waals surface area contributed by atoms with E-state index in [9.17, 15) is 9.59 Å². The van der Waals surface area contributed by atoms with Crippen LogP contribution in [0.25, 0.3) is 11.0 Å². The van der Waals surface area contributed by atoms with E-state index < -0.39 is 5.54 Å². The van der Waals surface area contributed by atoms with E-state index in [1.807, 2.05) is 28.8 Å². The van der Waals surface area contributed by atoms with Gasteiger partial charge in [-0.2, -0.15) is 0 Å². The molecule has 1 saturated heterocycles. The molecule has 2 amide bonds. The Labute approximate surface area is 122 Å². The SMILES string of the molecule is CC1(C)C(=O)NCCN1C(=O)Cn1cnc2ccccc21. The predicted molar refractivity (Wildman–Crippen MR) is 78.5 cm³/mol. The molecule has 21 heavy (non-hydrogen) atoms. The Balaban J connectivity index is 1.84. The zero-order valence-corrected chi connectivity index (χ0v) is 12.2. The minimum atomic E-state index is -0.814. The molecule has 2 aromatic rings. The molecular weight excluding hydrogens is 268 g/mol. The molecule has 0 atom stereocenters. The highest BCUT2D eigenvalue weighted by Crippen LogP contribution is 2.19. The molecular formula is C15H18N4O2. The van der Waals surface area contributed by atoms with Crippen molar-refractivity contribution in [1.82, 2.24) is 19.8 Å². The van der Waals surface area contributed by atoms with Crippen LogP contribution in [0.5, 0.6) is 0 Å². The highest BCUT2D eigenvalue weighted by molar-refractivity contribution is 5.92. The third-order valence-corrected chi connectivity index (χ3v) is 3.99. The van der Waals surface area contributed by atoms with Crippen LogP contribution in [0.1, 0.15) is 13.8 Å². The van der Waals surface area contributed by atoms with Crippen LogP contribution in [0, 0.1) is 0 Å². The summed E-state index contributed by atoms with van der Waals surface area (Å²) in [4.78, 5) is 30.4. The lowest BCUT2D eigenvalue weighted by Crippen LogP contribution is -2.63. The fourth-order valence-electron chi connectivity index (χ4n) is 2.70. The zero-order chi connectivity index (χ0) is 15.0. The van der Waals surface area contributed by atoms with Gasteiger partial charge in [-0.25, -0.2) is 4.98 Å². The van der Waals surface area contributed by atoms with E-state index in [0.29, 0.717) is 13.1 Å². The Kier molecular flexibility index (Phi) is 3.16. The van der Waals surface area contributed by atoms with Crippen molar-refractivity contribution in [3.8, 4) is 0 Å². The lowest BCUT2D eigenvalue weighted by atomic mass is 9.99. The molecule has 2 heterocycles. The Hall–Kier alpha value is -2.37. The number of piperazine rings is 1. The minimum absolute atomic E-state index is 0.0713. The molecule has 1 aliphatic heterocycles. The standard InChI is InChI=1S/C15H18N4O2/c1-15(2)14(21)16-7-8-19(15)13(20)9-18-10-17-11-5-3-4-6-12(11)18/h3-6,10H,7-9H2,1-2H3,(H,16,21). The van der Waals surface area contributed by atoms with Crippen molar-refractivity contribution in [3.63, 3.8) is 0 Å². The summed E-state index contributed by atoms with van der Waals surface area (Å²) in [5, 5.41) is 2.79. The molecule has 1 N–H and O–H groups in total. The van der Waals surface area contributed by atoms with Crippen LogP contribution < -0.4 is 5.32 Å². The number of carbonyl (C=O) groups excluding carboxylic acids is 2. The molecule has 0 unspecified atom stereocenters. The Morgan fingerprint density at radius 3 is 2.95 bits per heavy atom. The first-order valence-corrected chi connectivity index (χ1v) is 6.99. The predicted octanol–water partition coefficient (Wildman–Crippen LogP) is 0.773. The van der Waals surface area contributed by atoms with E-state index >= 15 is 0 Å². The van der Waals surface area contributed by atoms with Gasteiger partial charge in [0.1, 0.15) is 12.1 Å². The number of imidazole rings is 1. The minimum Gasteiger partial charge on any atom is -0.352 e. The number of nitrogens with one attached hydrogen (secondary N) is 1. The number of hydrogen-bond acceptors (Lipinski definition) is 3. The third kappa shape index (κ3) is 2.26. The Morgan fingerprint density at radius 1 is 1.38 bits per heavy atom. The molecule has 1 aliphatic rings. The van der Waals surface area contributed by atoms with Gasteiger partial charge in [0.05, 0.1) is 17.4 Å². The molecule has 6 heteroatoms. The maximum absolute atomic E-state index is 12.6. The lowest BCUT2D eigenvalue weighted by molar-refractivity contribution is -0.149. The zero-order valence-electron chi connectivity index (χ0n) is 12.2. The second-order valence-electron chi connectivity index (χ2n) is 5.72. The first-order valence-electron chi connectivity index (χ1n) is 6.99. The van der Waals surface area contributed by atoms with Gasteiger partial charge < -0.3 is 14.8 Å². The molecule has 1 aromatic heterocycles. The van der Waals surface area contributed by atoms with Crippen molar-refractivity contribution >= 4 is 22.8 Å². The molecule has 6 nitrogen and oxygen atoms in total. The monoisotopic (exact) mass is 286 g/mol. The molecule has 1 fully saturated rings. The average molecular weight is 286 g/mol. The lowest BCUT2D eigenvalue weighted by Gasteiger charge is -2.41. The number of aromatic nitrogens is 2. The number of carbonyl (C=O) groups is 2. The summed E-state index contributed by atoms with van der Waals surface area (Å²) >= 11 is 0. The Morgan fingerprint density at radius 2 is 2.14 bits per heavy atom. The van der Waals surface area contributed by atoms with Crippen molar-refractivity contribution in [1.29, 1.82) is 0 Å². The molecule has 0 aliphatic carbocycles. The first-order chi connectivity index (χ1) is 10.00. The highest BCUT2D eigenvalue weighted by Gasteiger charge is 2.40. The van der Waals surface area contributed by atoms with Crippen LogP contribution in [0.4, 0.5) is 0 Å². The van der Waals surface area contributed by atoms with Crippen LogP contribution in [-0.4, -0.2) is 44.9 Å². The van der Waals surface area contributed by atoms with Gasteiger partial charge in [0, 0.05) is 13.1 Å². The van der Waals surface area contributed by atoms with Crippen LogP contribution in [0.2, 0.25) is 0 Å². The van der Waals surface area contributed by atoms with Gasteiger partial charge in [0.25, 0.3) is 0 Å². The summed E-state index contributed by atoms with van der Waals surface area (Å²) in [6.07, 6.45) is 1.67. The van der Waals surface area contributed by atoms with Gasteiger partial charge in [-0.1, -0.05) is 12.1 Å². The van der Waals surface area contributed by atoms with Crippen LogP contribution in [0.3, 0.4) is 0 Å². The number of fused-ring (bicyclic) bond motifs is 1. The topological polar surface area (TPSA) is 67.2 Å². The quantitative estimate of drug-likeness (QED) is 0.887. The van der Waals surface area contributed by atoms with E-state index in [1.54, 1.807) is 25.1 Å². The number of nitrogens with zero attached hydrogens (tertiary/aromatic N) is 3. The first kappa shape index (κ1) is 13.6. The summed E-state index contributed by atoms with van der Waals surface area (Å²) in [7, 11) is 0. The second kappa shape index (κ2) is 4.87. The van der Waals surface area contributed by atoms with Crippen LogP contribution in [0.15, 0.2) is 30.6 Å². The summed E-state index contributed by atoms with van der Waals surface area (Å²) in [5.41, 5.74) is 0.970. The summed E-state index contributed by atoms with van der Waals surface area (Å²) in [6.45, 7) is 4.76. The summed E-state index contributed by atoms with van der Waals surface area (Å²) < 4.78 is 1.82. The molecule has 0 radical (unpaired) electrons. The van der Waals surface area contributed by atoms with Gasteiger partial charge >= 0.3 is 0 Å². The number of rotatable bonds is 2.